The molecular weight excluding hydrogens is 304 g/mol. The Morgan fingerprint density at radius 3 is 2.92 bits per heavy atom. The predicted molar refractivity (Wildman–Crippen MR) is 89.5 cm³/mol. The molecule has 24 heavy (non-hydrogen) atoms. The Hall–Kier alpha value is -2.04. The number of fused-ring (bicyclic) bond motifs is 3. The molecule has 2 N–H and O–H groups in total. The Kier molecular flexibility index (Phi) is 3.94. The molecule has 1 aromatic carbocycles. The van der Waals surface area contributed by atoms with Crippen molar-refractivity contribution in [2.45, 2.75) is 37.6 Å². The van der Waals surface area contributed by atoms with E-state index in [9.17, 15) is 9.59 Å². The molecule has 0 heterocycles. The Morgan fingerprint density at radius 2 is 2.08 bits per heavy atom. The fourth-order valence-corrected chi connectivity index (χ4v) is 4.70. The average Bonchev–Trinajstić information content (AvgIpc) is 2.94. The molecule has 3 unspecified atom stereocenters. The Bertz CT molecular complexity index is 660. The number of carbonyl (C=O) groups is 2. The molecule has 5 atom stereocenters. The molecular formula is C19H24N2O3. The van der Waals surface area contributed by atoms with Gasteiger partial charge in [0.05, 0.1) is 13.0 Å². The molecule has 5 heteroatoms. The zero-order chi connectivity index (χ0) is 16.7. The van der Waals surface area contributed by atoms with Gasteiger partial charge >= 0.3 is 12.0 Å². The maximum Gasteiger partial charge on any atom is 0.315 e. The third-order valence-electron chi connectivity index (χ3n) is 6.00. The number of ether oxygens (including phenoxy) is 1. The molecule has 2 saturated carbocycles. The minimum absolute atomic E-state index is 0.0698. The van der Waals surface area contributed by atoms with Gasteiger partial charge in [-0.2, -0.15) is 0 Å². The maximum atomic E-state index is 12.1. The second kappa shape index (κ2) is 6.11. The SMILES string of the molecule is COC(=O)[C@H]1CC[C@@H](NC(=O)NCC2C3Cc4ccccc4C23)C1. The molecule has 4 rings (SSSR count). The highest BCUT2D eigenvalue weighted by molar-refractivity contribution is 5.75. The number of carbonyl (C=O) groups excluding carboxylic acids is 2. The van der Waals surface area contributed by atoms with Crippen molar-refractivity contribution in [2.24, 2.45) is 17.8 Å². The number of esters is 1. The highest BCUT2D eigenvalue weighted by atomic mass is 16.5. The second-order valence-electron chi connectivity index (χ2n) is 7.34. The second-order valence-corrected chi connectivity index (χ2v) is 7.34. The van der Waals surface area contributed by atoms with Gasteiger partial charge in [-0.05, 0) is 54.6 Å². The van der Waals surface area contributed by atoms with Crippen LogP contribution in [0.3, 0.4) is 0 Å². The van der Waals surface area contributed by atoms with Gasteiger partial charge in [-0.15, -0.1) is 0 Å². The summed E-state index contributed by atoms with van der Waals surface area (Å²) in [6.07, 6.45) is 3.47. The van der Waals surface area contributed by atoms with Gasteiger partial charge in [0.25, 0.3) is 0 Å². The zero-order valence-corrected chi connectivity index (χ0v) is 14.0. The summed E-state index contributed by atoms with van der Waals surface area (Å²) in [6, 6.07) is 8.63. The lowest BCUT2D eigenvalue weighted by atomic mass is 10.0. The van der Waals surface area contributed by atoms with Gasteiger partial charge in [0, 0.05) is 12.6 Å². The van der Waals surface area contributed by atoms with Crippen molar-refractivity contribution >= 4 is 12.0 Å². The van der Waals surface area contributed by atoms with Gasteiger partial charge in [-0.25, -0.2) is 4.79 Å². The Morgan fingerprint density at radius 1 is 1.25 bits per heavy atom. The van der Waals surface area contributed by atoms with Crippen LogP contribution in [-0.4, -0.2) is 31.7 Å². The van der Waals surface area contributed by atoms with Crippen LogP contribution in [0.15, 0.2) is 24.3 Å². The number of nitrogens with one attached hydrogen (secondary N) is 2. The molecule has 0 aliphatic heterocycles. The number of hydrogen-bond acceptors (Lipinski definition) is 3. The number of urea groups is 1. The smallest absolute Gasteiger partial charge is 0.315 e. The molecule has 5 nitrogen and oxygen atoms in total. The Labute approximate surface area is 142 Å². The lowest BCUT2D eigenvalue weighted by molar-refractivity contribution is -0.145. The number of rotatable bonds is 4. The highest BCUT2D eigenvalue weighted by Crippen LogP contribution is 2.60. The maximum absolute atomic E-state index is 12.1. The van der Waals surface area contributed by atoms with Gasteiger partial charge in [0.1, 0.15) is 0 Å². The monoisotopic (exact) mass is 328 g/mol. The molecule has 1 aromatic rings. The summed E-state index contributed by atoms with van der Waals surface area (Å²) in [7, 11) is 1.42. The Balaban J connectivity index is 1.21. The van der Waals surface area contributed by atoms with Gasteiger partial charge < -0.3 is 15.4 Å². The molecule has 0 spiro atoms. The molecule has 3 aliphatic rings. The molecule has 0 radical (unpaired) electrons. The van der Waals surface area contributed by atoms with Crippen LogP contribution in [0.5, 0.6) is 0 Å². The summed E-state index contributed by atoms with van der Waals surface area (Å²) in [6.45, 7) is 0.739. The standard InChI is InChI=1S/C19H24N2O3/c1-24-18(22)12-6-7-13(8-12)21-19(23)20-10-16-15-9-11-4-2-3-5-14(11)17(15)16/h2-5,12-13,15-17H,6-10H2,1H3,(H2,20,21,23)/t12-,13+,15?,16?,17?/m0/s1. The summed E-state index contributed by atoms with van der Waals surface area (Å²) in [4.78, 5) is 23.6. The van der Waals surface area contributed by atoms with E-state index in [0.717, 1.165) is 25.8 Å². The van der Waals surface area contributed by atoms with Crippen LogP contribution in [-0.2, 0) is 16.0 Å². The molecule has 2 amide bonds. The predicted octanol–water partition coefficient (Wildman–Crippen LogP) is 2.21. The first-order valence-electron chi connectivity index (χ1n) is 8.87. The number of benzene rings is 1. The fourth-order valence-electron chi connectivity index (χ4n) is 4.70. The largest absolute Gasteiger partial charge is 0.469 e. The van der Waals surface area contributed by atoms with Crippen LogP contribution in [0.2, 0.25) is 0 Å². The van der Waals surface area contributed by atoms with Crippen molar-refractivity contribution in [2.75, 3.05) is 13.7 Å². The normalized spacial score (nSPS) is 32.6. The summed E-state index contributed by atoms with van der Waals surface area (Å²) in [5.74, 6) is 1.69. The van der Waals surface area contributed by atoms with E-state index in [1.54, 1.807) is 0 Å². The van der Waals surface area contributed by atoms with Gasteiger partial charge in [0.15, 0.2) is 0 Å². The fraction of sp³-hybridized carbons (Fsp3) is 0.579. The molecule has 0 saturated heterocycles. The molecule has 3 aliphatic carbocycles. The van der Waals surface area contributed by atoms with Gasteiger partial charge in [0.2, 0.25) is 0 Å². The third kappa shape index (κ3) is 2.76. The van der Waals surface area contributed by atoms with Crippen LogP contribution < -0.4 is 10.6 Å². The van der Waals surface area contributed by atoms with E-state index in [1.807, 2.05) is 0 Å². The van der Waals surface area contributed by atoms with E-state index in [2.05, 4.69) is 34.9 Å². The van der Waals surface area contributed by atoms with Crippen molar-refractivity contribution in [1.82, 2.24) is 10.6 Å². The number of hydrogen-bond donors (Lipinski definition) is 2. The van der Waals surface area contributed by atoms with Gasteiger partial charge in [-0.1, -0.05) is 24.3 Å². The minimum atomic E-state index is -0.163. The quantitative estimate of drug-likeness (QED) is 0.833. The van der Waals surface area contributed by atoms with Gasteiger partial charge in [-0.3, -0.25) is 4.79 Å². The summed E-state index contributed by atoms with van der Waals surface area (Å²) < 4.78 is 4.78. The van der Waals surface area contributed by atoms with Crippen LogP contribution >= 0.6 is 0 Å². The zero-order valence-electron chi connectivity index (χ0n) is 14.0. The van der Waals surface area contributed by atoms with Crippen LogP contribution in [0.4, 0.5) is 4.79 Å². The average molecular weight is 328 g/mol. The first-order valence-corrected chi connectivity index (χ1v) is 8.87. The van der Waals surface area contributed by atoms with Crippen molar-refractivity contribution in [3.05, 3.63) is 35.4 Å². The van der Waals surface area contributed by atoms with Crippen molar-refractivity contribution in [1.29, 1.82) is 0 Å². The molecule has 2 fully saturated rings. The first-order chi connectivity index (χ1) is 11.7. The summed E-state index contributed by atoms with van der Waals surface area (Å²) >= 11 is 0. The summed E-state index contributed by atoms with van der Waals surface area (Å²) in [5, 5.41) is 6.02. The van der Waals surface area contributed by atoms with E-state index in [-0.39, 0.29) is 24.0 Å². The third-order valence-corrected chi connectivity index (χ3v) is 6.00. The number of amides is 2. The lowest BCUT2D eigenvalue weighted by Gasteiger charge is -2.14. The van der Waals surface area contributed by atoms with Crippen LogP contribution in [0, 0.1) is 17.8 Å². The minimum Gasteiger partial charge on any atom is -0.469 e. The first kappa shape index (κ1) is 15.5. The highest BCUT2D eigenvalue weighted by Gasteiger charge is 2.55. The van der Waals surface area contributed by atoms with E-state index in [0.29, 0.717) is 24.2 Å². The van der Waals surface area contributed by atoms with Crippen molar-refractivity contribution < 1.29 is 14.3 Å². The lowest BCUT2D eigenvalue weighted by Crippen LogP contribution is -2.42. The van der Waals surface area contributed by atoms with Crippen LogP contribution in [0.25, 0.3) is 0 Å². The van der Waals surface area contributed by atoms with E-state index >= 15 is 0 Å². The topological polar surface area (TPSA) is 67.4 Å². The van der Waals surface area contributed by atoms with E-state index in [4.69, 9.17) is 4.74 Å². The molecule has 128 valence electrons. The van der Waals surface area contributed by atoms with Crippen LogP contribution in [0.1, 0.15) is 36.3 Å². The van der Waals surface area contributed by atoms with Crippen molar-refractivity contribution in [3.63, 3.8) is 0 Å². The molecule has 0 bridgehead atoms. The summed E-state index contributed by atoms with van der Waals surface area (Å²) in [5.41, 5.74) is 2.96. The molecule has 0 aromatic heterocycles. The van der Waals surface area contributed by atoms with E-state index in [1.165, 1.54) is 18.2 Å². The van der Waals surface area contributed by atoms with Crippen molar-refractivity contribution in [3.8, 4) is 0 Å². The van der Waals surface area contributed by atoms with E-state index < -0.39 is 0 Å². The number of methoxy groups -OCH3 is 1.